The van der Waals surface area contributed by atoms with Crippen LogP contribution < -0.4 is 0 Å². The molecule has 0 saturated heterocycles. The fourth-order valence-corrected chi connectivity index (χ4v) is 1.21. The van der Waals surface area contributed by atoms with Crippen LogP contribution in [-0.2, 0) is 0 Å². The number of fused-ring (bicyclic) bond motifs is 1. The van der Waals surface area contributed by atoms with E-state index in [4.69, 9.17) is 0 Å². The van der Waals surface area contributed by atoms with E-state index in [9.17, 15) is 5.11 Å². The Hall–Kier alpha value is -1.50. The van der Waals surface area contributed by atoms with Gasteiger partial charge in [0.05, 0.1) is 0 Å². The highest BCUT2D eigenvalue weighted by molar-refractivity contribution is 5.87. The second-order valence-electron chi connectivity index (χ2n) is 2.50. The van der Waals surface area contributed by atoms with E-state index >= 15 is 0 Å². The van der Waals surface area contributed by atoms with Crippen molar-refractivity contribution >= 4 is 10.8 Å². The molecule has 1 N–H and O–H groups in total. The maximum absolute atomic E-state index is 9.37. The molecule has 0 aliphatic carbocycles. The van der Waals surface area contributed by atoms with E-state index in [0.717, 1.165) is 10.8 Å². The zero-order valence-electron chi connectivity index (χ0n) is 7.99. The van der Waals surface area contributed by atoms with Gasteiger partial charge < -0.3 is 5.11 Å². The van der Waals surface area contributed by atoms with E-state index in [1.165, 1.54) is 0 Å². The van der Waals surface area contributed by atoms with E-state index < -0.39 is 0 Å². The topological polar surface area (TPSA) is 20.2 Å². The Balaban J connectivity index is 0.000000396. The van der Waals surface area contributed by atoms with Crippen molar-refractivity contribution in [3.63, 3.8) is 0 Å². The summed E-state index contributed by atoms with van der Waals surface area (Å²) < 4.78 is 0. The van der Waals surface area contributed by atoms with E-state index in [2.05, 4.69) is 0 Å². The quantitative estimate of drug-likeness (QED) is 0.647. The summed E-state index contributed by atoms with van der Waals surface area (Å²) in [5.74, 6) is 0.350. The minimum atomic E-state index is 0.350. The van der Waals surface area contributed by atoms with Gasteiger partial charge >= 0.3 is 0 Å². The standard InChI is InChI=1S/C10H8O.C2H6/c11-10-7-3-5-8-4-1-2-6-9(8)10;1-2/h1-7,11H;1-2H3. The molecular weight excluding hydrogens is 160 g/mol. The third kappa shape index (κ3) is 2.00. The molecule has 2 rings (SSSR count). The molecule has 0 atom stereocenters. The average Bonchev–Trinajstić information content (AvgIpc) is 2.22. The van der Waals surface area contributed by atoms with Gasteiger partial charge in [0.2, 0.25) is 0 Å². The van der Waals surface area contributed by atoms with Gasteiger partial charge in [-0.15, -0.1) is 0 Å². The number of rotatable bonds is 0. The number of aromatic hydroxyl groups is 1. The van der Waals surface area contributed by atoms with Crippen molar-refractivity contribution < 1.29 is 5.11 Å². The van der Waals surface area contributed by atoms with Crippen molar-refractivity contribution in [3.8, 4) is 5.75 Å². The molecule has 0 heterocycles. The lowest BCUT2D eigenvalue weighted by Crippen LogP contribution is -1.70. The van der Waals surface area contributed by atoms with Gasteiger partial charge in [0.25, 0.3) is 0 Å². The normalized spacial score (nSPS) is 9.08. The van der Waals surface area contributed by atoms with Crippen LogP contribution in [0.5, 0.6) is 5.75 Å². The first kappa shape index (κ1) is 9.59. The van der Waals surface area contributed by atoms with Crippen LogP contribution in [0, 0.1) is 0 Å². The van der Waals surface area contributed by atoms with Gasteiger partial charge in [-0.25, -0.2) is 0 Å². The average molecular weight is 174 g/mol. The predicted molar refractivity (Wildman–Crippen MR) is 57.0 cm³/mol. The first-order valence-corrected chi connectivity index (χ1v) is 4.54. The third-order valence-electron chi connectivity index (χ3n) is 1.77. The van der Waals surface area contributed by atoms with E-state index in [1.807, 2.05) is 50.2 Å². The van der Waals surface area contributed by atoms with E-state index in [1.54, 1.807) is 6.07 Å². The Kier molecular flexibility index (Phi) is 3.32. The highest BCUT2D eigenvalue weighted by Gasteiger charge is 1.94. The van der Waals surface area contributed by atoms with Crippen LogP contribution in [0.15, 0.2) is 42.5 Å². The Morgan fingerprint density at radius 2 is 1.46 bits per heavy atom. The van der Waals surface area contributed by atoms with Crippen molar-refractivity contribution in [3.05, 3.63) is 42.5 Å². The predicted octanol–water partition coefficient (Wildman–Crippen LogP) is 3.57. The molecule has 0 bridgehead atoms. The third-order valence-corrected chi connectivity index (χ3v) is 1.77. The summed E-state index contributed by atoms with van der Waals surface area (Å²) in [4.78, 5) is 0. The SMILES string of the molecule is CC.Oc1cccc2ccccc12. The summed E-state index contributed by atoms with van der Waals surface area (Å²) in [6.07, 6.45) is 0. The van der Waals surface area contributed by atoms with Crippen LogP contribution in [0.1, 0.15) is 13.8 Å². The Labute approximate surface area is 78.6 Å². The molecule has 2 aromatic carbocycles. The van der Waals surface area contributed by atoms with E-state index in [0.29, 0.717) is 5.75 Å². The lowest BCUT2D eigenvalue weighted by Gasteiger charge is -1.97. The monoisotopic (exact) mass is 174 g/mol. The Bertz CT molecular complexity index is 374. The molecule has 2 aromatic rings. The van der Waals surface area contributed by atoms with Crippen molar-refractivity contribution in [1.29, 1.82) is 0 Å². The molecule has 13 heavy (non-hydrogen) atoms. The molecule has 0 fully saturated rings. The van der Waals surface area contributed by atoms with Gasteiger partial charge in [0.15, 0.2) is 0 Å². The molecule has 1 nitrogen and oxygen atoms in total. The first-order valence-electron chi connectivity index (χ1n) is 4.54. The molecule has 0 saturated carbocycles. The molecule has 0 spiro atoms. The largest absolute Gasteiger partial charge is 0.507 e. The molecule has 0 amide bonds. The summed E-state index contributed by atoms with van der Waals surface area (Å²) in [6, 6.07) is 13.3. The number of hydrogen-bond donors (Lipinski definition) is 1. The molecule has 0 radical (unpaired) electrons. The first-order chi connectivity index (χ1) is 6.38. The molecule has 0 aliphatic heterocycles. The minimum absolute atomic E-state index is 0.350. The Morgan fingerprint density at radius 3 is 2.15 bits per heavy atom. The van der Waals surface area contributed by atoms with Crippen molar-refractivity contribution in [2.24, 2.45) is 0 Å². The van der Waals surface area contributed by atoms with Gasteiger partial charge in [0.1, 0.15) is 5.75 Å². The molecule has 68 valence electrons. The Morgan fingerprint density at radius 1 is 0.846 bits per heavy atom. The lowest BCUT2D eigenvalue weighted by molar-refractivity contribution is 0.481. The fraction of sp³-hybridized carbons (Fsp3) is 0.167. The van der Waals surface area contributed by atoms with Crippen LogP contribution in [0.25, 0.3) is 10.8 Å². The lowest BCUT2D eigenvalue weighted by atomic mass is 10.1. The highest BCUT2D eigenvalue weighted by Crippen LogP contribution is 2.22. The maximum atomic E-state index is 9.37. The smallest absolute Gasteiger partial charge is 0.123 e. The molecule has 1 heteroatoms. The van der Waals surface area contributed by atoms with E-state index in [-0.39, 0.29) is 0 Å². The molecular formula is C12H14O. The van der Waals surface area contributed by atoms with Crippen LogP contribution in [0.2, 0.25) is 0 Å². The van der Waals surface area contributed by atoms with Crippen molar-refractivity contribution in [2.45, 2.75) is 13.8 Å². The van der Waals surface area contributed by atoms with Crippen LogP contribution >= 0.6 is 0 Å². The minimum Gasteiger partial charge on any atom is -0.507 e. The summed E-state index contributed by atoms with van der Waals surface area (Å²) in [7, 11) is 0. The molecule has 0 aromatic heterocycles. The van der Waals surface area contributed by atoms with Gasteiger partial charge in [-0.05, 0) is 11.5 Å². The van der Waals surface area contributed by atoms with Crippen LogP contribution in [-0.4, -0.2) is 5.11 Å². The molecule has 0 unspecified atom stereocenters. The zero-order valence-corrected chi connectivity index (χ0v) is 7.99. The zero-order chi connectivity index (χ0) is 9.68. The summed E-state index contributed by atoms with van der Waals surface area (Å²) in [5, 5.41) is 11.4. The summed E-state index contributed by atoms with van der Waals surface area (Å²) in [6.45, 7) is 4.00. The highest BCUT2D eigenvalue weighted by atomic mass is 16.3. The number of phenols is 1. The van der Waals surface area contributed by atoms with Crippen LogP contribution in [0.3, 0.4) is 0 Å². The summed E-state index contributed by atoms with van der Waals surface area (Å²) >= 11 is 0. The number of phenolic OH excluding ortho intramolecular Hbond substituents is 1. The second-order valence-corrected chi connectivity index (χ2v) is 2.50. The van der Waals surface area contributed by atoms with Crippen LogP contribution in [0.4, 0.5) is 0 Å². The second kappa shape index (κ2) is 4.51. The molecule has 0 aliphatic rings. The number of benzene rings is 2. The number of hydrogen-bond acceptors (Lipinski definition) is 1. The van der Waals surface area contributed by atoms with Gasteiger partial charge in [-0.1, -0.05) is 50.2 Å². The fourth-order valence-electron chi connectivity index (χ4n) is 1.21. The van der Waals surface area contributed by atoms with Gasteiger partial charge in [0, 0.05) is 5.39 Å². The van der Waals surface area contributed by atoms with Gasteiger partial charge in [-0.2, -0.15) is 0 Å². The summed E-state index contributed by atoms with van der Waals surface area (Å²) in [5.41, 5.74) is 0. The van der Waals surface area contributed by atoms with Gasteiger partial charge in [-0.3, -0.25) is 0 Å². The maximum Gasteiger partial charge on any atom is 0.123 e. The van der Waals surface area contributed by atoms with Crippen molar-refractivity contribution in [1.82, 2.24) is 0 Å². The van der Waals surface area contributed by atoms with Crippen molar-refractivity contribution in [2.75, 3.05) is 0 Å².